The van der Waals surface area contributed by atoms with Crippen LogP contribution in [-0.4, -0.2) is 52.0 Å². The summed E-state index contributed by atoms with van der Waals surface area (Å²) in [6, 6.07) is 5.07. The Morgan fingerprint density at radius 2 is 1.06 bits per heavy atom. The maximum Gasteiger partial charge on any atom is 0.433 e. The third-order valence-electron chi connectivity index (χ3n) is 8.46. The standard InChI is InChI=1S/C25H24F6N4O/c26-24(27,28)19-3-1-15(9-32-19)17-5-22(6-17)11-34(12-22)21(36)35-13-23(14-35)7-18(8-23)16-2-4-20(33-10-16)25(29,30)31/h1-4,9-10,17-18H,5-8,11-14H2. The van der Waals surface area contributed by atoms with Crippen molar-refractivity contribution >= 4 is 6.03 Å². The predicted octanol–water partition coefficient (Wildman–Crippen LogP) is 5.69. The number of halogens is 6. The number of carbonyl (C=O) groups is 1. The van der Waals surface area contributed by atoms with Gasteiger partial charge in [-0.05, 0) is 60.8 Å². The minimum absolute atomic E-state index is 0.0190. The van der Waals surface area contributed by atoms with Gasteiger partial charge in [-0.3, -0.25) is 9.97 Å². The Morgan fingerprint density at radius 1 is 0.694 bits per heavy atom. The second-order valence-corrected chi connectivity index (χ2v) is 11.2. The van der Waals surface area contributed by atoms with Crippen LogP contribution in [0.3, 0.4) is 0 Å². The summed E-state index contributed by atoms with van der Waals surface area (Å²) in [4.78, 5) is 23.6. The van der Waals surface area contributed by atoms with Gasteiger partial charge in [-0.15, -0.1) is 0 Å². The van der Waals surface area contributed by atoms with Gasteiger partial charge in [-0.2, -0.15) is 26.3 Å². The molecule has 2 aliphatic heterocycles. The number of nitrogens with zero attached hydrogens (tertiary/aromatic N) is 4. The number of pyridine rings is 2. The second-order valence-electron chi connectivity index (χ2n) is 11.2. The third kappa shape index (κ3) is 3.91. The van der Waals surface area contributed by atoms with Crippen LogP contribution in [0, 0.1) is 10.8 Å². The average molecular weight is 510 g/mol. The third-order valence-corrected chi connectivity index (χ3v) is 8.46. The fourth-order valence-electron chi connectivity index (χ4n) is 6.59. The monoisotopic (exact) mass is 510 g/mol. The molecular formula is C25H24F6N4O. The summed E-state index contributed by atoms with van der Waals surface area (Å²) >= 11 is 0. The fourth-order valence-corrected chi connectivity index (χ4v) is 6.59. The van der Waals surface area contributed by atoms with Gasteiger partial charge >= 0.3 is 18.4 Å². The van der Waals surface area contributed by atoms with Gasteiger partial charge in [0.1, 0.15) is 11.4 Å². The number of hydrogen-bond donors (Lipinski definition) is 0. The molecule has 2 saturated heterocycles. The first-order chi connectivity index (χ1) is 16.8. The SMILES string of the molecule is O=C(N1CC2(CC(c3ccc(C(F)(F)F)nc3)C2)C1)N1CC2(CC(c3ccc(C(F)(F)F)nc3)C2)C1. The second kappa shape index (κ2) is 7.58. The van der Waals surface area contributed by atoms with E-state index in [9.17, 15) is 31.1 Å². The number of amides is 2. The smallest absolute Gasteiger partial charge is 0.323 e. The molecule has 0 atom stereocenters. The molecule has 0 aromatic carbocycles. The largest absolute Gasteiger partial charge is 0.433 e. The van der Waals surface area contributed by atoms with E-state index in [0.717, 1.165) is 48.9 Å². The van der Waals surface area contributed by atoms with Crippen LogP contribution >= 0.6 is 0 Å². The van der Waals surface area contributed by atoms with Crippen molar-refractivity contribution in [2.45, 2.75) is 49.9 Å². The number of alkyl halides is 6. The molecule has 2 aromatic heterocycles. The van der Waals surface area contributed by atoms with Crippen LogP contribution in [0.5, 0.6) is 0 Å². The lowest BCUT2D eigenvalue weighted by Crippen LogP contribution is -2.70. The zero-order valence-corrected chi connectivity index (χ0v) is 19.2. The van der Waals surface area contributed by atoms with E-state index in [1.807, 2.05) is 9.80 Å². The maximum absolute atomic E-state index is 12.8. The summed E-state index contributed by atoms with van der Waals surface area (Å²) in [6.07, 6.45) is -2.88. The van der Waals surface area contributed by atoms with E-state index < -0.39 is 23.7 Å². The highest BCUT2D eigenvalue weighted by atomic mass is 19.4. The number of hydrogen-bond acceptors (Lipinski definition) is 3. The van der Waals surface area contributed by atoms with E-state index in [-0.39, 0.29) is 28.7 Å². The maximum atomic E-state index is 12.8. The van der Waals surface area contributed by atoms with Crippen LogP contribution in [0.1, 0.15) is 60.0 Å². The summed E-state index contributed by atoms with van der Waals surface area (Å²) in [5, 5.41) is 0. The van der Waals surface area contributed by atoms with Crippen LogP contribution in [0.15, 0.2) is 36.7 Å². The lowest BCUT2D eigenvalue weighted by Gasteiger charge is -2.63. The number of carbonyl (C=O) groups excluding carboxylic acids is 1. The highest BCUT2D eigenvalue weighted by molar-refractivity contribution is 5.77. The van der Waals surface area contributed by atoms with Gasteiger partial charge in [0.2, 0.25) is 0 Å². The summed E-state index contributed by atoms with van der Waals surface area (Å²) in [6.45, 7) is 2.67. The van der Waals surface area contributed by atoms with Crippen molar-refractivity contribution in [3.05, 3.63) is 59.2 Å². The van der Waals surface area contributed by atoms with E-state index >= 15 is 0 Å². The van der Waals surface area contributed by atoms with E-state index in [1.54, 1.807) is 0 Å². The van der Waals surface area contributed by atoms with Gasteiger partial charge in [0.05, 0.1) is 0 Å². The molecule has 0 radical (unpaired) electrons. The van der Waals surface area contributed by atoms with Crippen LogP contribution in [0.4, 0.5) is 31.1 Å². The molecule has 0 N–H and O–H groups in total. The van der Waals surface area contributed by atoms with Crippen molar-refractivity contribution in [1.82, 2.24) is 19.8 Å². The van der Waals surface area contributed by atoms with Gasteiger partial charge in [-0.1, -0.05) is 12.1 Å². The lowest BCUT2D eigenvalue weighted by atomic mass is 9.55. The van der Waals surface area contributed by atoms with Crippen molar-refractivity contribution in [2.24, 2.45) is 10.8 Å². The first-order valence-corrected chi connectivity index (χ1v) is 12.0. The van der Waals surface area contributed by atoms with Crippen molar-refractivity contribution in [3.8, 4) is 0 Å². The molecule has 5 nitrogen and oxygen atoms in total. The first kappa shape index (κ1) is 23.5. The minimum atomic E-state index is -4.44. The van der Waals surface area contributed by atoms with Crippen LogP contribution in [0.25, 0.3) is 0 Å². The van der Waals surface area contributed by atoms with Gasteiger partial charge in [-0.25, -0.2) is 4.79 Å². The van der Waals surface area contributed by atoms with Crippen molar-refractivity contribution in [1.29, 1.82) is 0 Å². The number of likely N-dealkylation sites (tertiary alicyclic amines) is 2. The molecule has 4 heterocycles. The molecule has 2 amide bonds. The highest BCUT2D eigenvalue weighted by Gasteiger charge is 2.58. The normalized spacial score (nSPS) is 23.2. The van der Waals surface area contributed by atoms with Gasteiger partial charge in [0, 0.05) is 49.4 Å². The van der Waals surface area contributed by atoms with Crippen molar-refractivity contribution in [3.63, 3.8) is 0 Å². The molecular weight excluding hydrogens is 486 g/mol. The molecule has 4 aliphatic rings. The molecule has 0 unspecified atom stereocenters. The van der Waals surface area contributed by atoms with Gasteiger partial charge in [0.15, 0.2) is 0 Å². The Labute approximate surface area is 203 Å². The van der Waals surface area contributed by atoms with Crippen molar-refractivity contribution in [2.75, 3.05) is 26.2 Å². The van der Waals surface area contributed by atoms with E-state index in [0.29, 0.717) is 26.2 Å². The van der Waals surface area contributed by atoms with E-state index in [2.05, 4.69) is 9.97 Å². The average Bonchev–Trinajstić information content (AvgIpc) is 2.69. The Balaban J connectivity index is 0.945. The quantitative estimate of drug-likeness (QED) is 0.488. The van der Waals surface area contributed by atoms with Gasteiger partial charge < -0.3 is 9.80 Å². The first-order valence-electron chi connectivity index (χ1n) is 12.0. The molecule has 2 aromatic rings. The Kier molecular flexibility index (Phi) is 4.96. The van der Waals surface area contributed by atoms with Crippen molar-refractivity contribution < 1.29 is 31.1 Å². The molecule has 36 heavy (non-hydrogen) atoms. The highest BCUT2D eigenvalue weighted by Crippen LogP contribution is 2.58. The molecule has 192 valence electrons. The number of urea groups is 1. The molecule has 0 bridgehead atoms. The minimum Gasteiger partial charge on any atom is -0.323 e. The Morgan fingerprint density at radius 3 is 1.33 bits per heavy atom. The van der Waals surface area contributed by atoms with Crippen LogP contribution in [-0.2, 0) is 12.4 Å². The van der Waals surface area contributed by atoms with Crippen LogP contribution in [0.2, 0.25) is 0 Å². The predicted molar refractivity (Wildman–Crippen MR) is 116 cm³/mol. The topological polar surface area (TPSA) is 49.3 Å². The molecule has 6 rings (SSSR count). The zero-order chi connectivity index (χ0) is 25.5. The lowest BCUT2D eigenvalue weighted by molar-refractivity contribution is -0.142. The molecule has 2 saturated carbocycles. The number of aromatic nitrogens is 2. The Hall–Kier alpha value is -2.85. The molecule has 2 spiro atoms. The summed E-state index contributed by atoms with van der Waals surface area (Å²) < 4.78 is 76.2. The summed E-state index contributed by atoms with van der Waals surface area (Å²) in [5.74, 6) is 0.354. The Bertz CT molecular complexity index is 1060. The summed E-state index contributed by atoms with van der Waals surface area (Å²) in [7, 11) is 0. The summed E-state index contributed by atoms with van der Waals surface area (Å²) in [5.41, 5.74) is -0.0359. The number of rotatable bonds is 2. The zero-order valence-electron chi connectivity index (χ0n) is 19.2. The molecule has 2 aliphatic carbocycles. The van der Waals surface area contributed by atoms with Gasteiger partial charge in [0.25, 0.3) is 0 Å². The molecule has 4 fully saturated rings. The van der Waals surface area contributed by atoms with E-state index in [1.165, 1.54) is 24.5 Å². The molecule has 11 heteroatoms. The van der Waals surface area contributed by atoms with Crippen LogP contribution < -0.4 is 0 Å². The van der Waals surface area contributed by atoms with E-state index in [4.69, 9.17) is 0 Å². The fraction of sp³-hybridized carbons (Fsp3) is 0.560.